The molecule has 1 heterocycles. The van der Waals surface area contributed by atoms with Crippen LogP contribution in [-0.2, 0) is 19.0 Å². The Labute approximate surface area is 148 Å². The van der Waals surface area contributed by atoms with Crippen LogP contribution in [0.2, 0.25) is 0 Å². The van der Waals surface area contributed by atoms with Crippen LogP contribution in [0, 0.1) is 11.8 Å². The fourth-order valence-electron chi connectivity index (χ4n) is 3.10. The Bertz CT molecular complexity index is 449. The molecule has 0 radical (unpaired) electrons. The van der Waals surface area contributed by atoms with Crippen molar-refractivity contribution in [3.05, 3.63) is 0 Å². The van der Waals surface area contributed by atoms with E-state index in [2.05, 4.69) is 14.2 Å². The van der Waals surface area contributed by atoms with Crippen molar-refractivity contribution in [3.8, 4) is 0 Å². The Morgan fingerprint density at radius 2 is 1.69 bits per heavy atom. The molecule has 1 aliphatic heterocycles. The second kappa shape index (κ2) is 8.77. The summed E-state index contributed by atoms with van der Waals surface area (Å²) >= 11 is 0. The third-order valence-corrected chi connectivity index (χ3v) is 4.74. The van der Waals surface area contributed by atoms with Crippen molar-refractivity contribution in [1.82, 2.24) is 0 Å². The van der Waals surface area contributed by atoms with Crippen LogP contribution in [-0.4, -0.2) is 43.9 Å². The van der Waals surface area contributed by atoms with E-state index in [-0.39, 0.29) is 25.1 Å². The summed E-state index contributed by atoms with van der Waals surface area (Å²) in [6.45, 7) is 3.83. The van der Waals surface area contributed by atoms with Gasteiger partial charge in [0.2, 0.25) is 0 Å². The molecule has 2 rings (SSSR count). The number of carbonyl (C=O) groups is 1. The normalized spacial score (nSPS) is 25.9. The molecule has 0 spiro atoms. The van der Waals surface area contributed by atoms with Crippen LogP contribution in [0.1, 0.15) is 46.0 Å². The summed E-state index contributed by atoms with van der Waals surface area (Å²) in [7, 11) is 1.49. The van der Waals surface area contributed by atoms with E-state index in [4.69, 9.17) is 0 Å². The summed E-state index contributed by atoms with van der Waals surface area (Å²) < 4.78 is 88.9. The fourth-order valence-corrected chi connectivity index (χ4v) is 3.10. The Hall–Kier alpha value is -1.03. The number of halogens is 6. The molecule has 0 aromatic heterocycles. The van der Waals surface area contributed by atoms with Crippen molar-refractivity contribution >= 4 is 5.97 Å². The van der Waals surface area contributed by atoms with Gasteiger partial charge in [0.15, 0.2) is 6.79 Å². The maximum absolute atomic E-state index is 12.6. The minimum Gasteiger partial charge on any atom is -0.438 e. The van der Waals surface area contributed by atoms with Crippen molar-refractivity contribution in [3.63, 3.8) is 0 Å². The Kier molecular flexibility index (Phi) is 7.76. The van der Waals surface area contributed by atoms with E-state index in [0.29, 0.717) is 19.3 Å². The van der Waals surface area contributed by atoms with Gasteiger partial charge in [0.1, 0.15) is 0 Å². The van der Waals surface area contributed by atoms with Gasteiger partial charge in [0.25, 0.3) is 5.60 Å². The second-order valence-electron chi connectivity index (χ2n) is 6.46. The third-order valence-electron chi connectivity index (χ3n) is 4.74. The van der Waals surface area contributed by atoms with Crippen LogP contribution in [0.3, 0.4) is 0 Å². The molecular formula is C16H24F6O4. The summed E-state index contributed by atoms with van der Waals surface area (Å²) in [6, 6.07) is 0. The predicted octanol–water partition coefficient (Wildman–Crippen LogP) is 4.62. The van der Waals surface area contributed by atoms with Crippen molar-refractivity contribution in [2.75, 3.05) is 13.9 Å². The van der Waals surface area contributed by atoms with E-state index >= 15 is 0 Å². The summed E-state index contributed by atoms with van der Waals surface area (Å²) in [5, 5.41) is 0. The third kappa shape index (κ3) is 4.62. The number of fused-ring (bicyclic) bond motifs is 1. The standard InChI is InChI=1S/C9H10F6O.C7H14O3/c10-8(11,12)7(9(13,14)15)5-3-1-2-4-6(5)16-7;1-4-6(2)7(8)10-5-9-3/h5-6H,1-4H2;6H,4-5H2,1-3H3. The van der Waals surface area contributed by atoms with Gasteiger partial charge in [-0.15, -0.1) is 0 Å². The molecule has 4 nitrogen and oxygen atoms in total. The number of methoxy groups -OCH3 is 1. The number of carbonyl (C=O) groups excluding carboxylic acids is 1. The number of ether oxygens (including phenoxy) is 3. The molecule has 10 heteroatoms. The monoisotopic (exact) mass is 394 g/mol. The van der Waals surface area contributed by atoms with Gasteiger partial charge in [-0.3, -0.25) is 4.79 Å². The lowest BCUT2D eigenvalue weighted by molar-refractivity contribution is -0.469. The molecule has 3 unspecified atom stereocenters. The van der Waals surface area contributed by atoms with Crippen molar-refractivity contribution in [1.29, 1.82) is 0 Å². The average Bonchev–Trinajstić information content (AvgIpc) is 2.51. The number of hydrogen-bond acceptors (Lipinski definition) is 4. The highest BCUT2D eigenvalue weighted by atomic mass is 19.4. The molecule has 0 aromatic rings. The zero-order valence-corrected chi connectivity index (χ0v) is 14.9. The van der Waals surface area contributed by atoms with Gasteiger partial charge >= 0.3 is 18.3 Å². The molecule has 2 fully saturated rings. The van der Waals surface area contributed by atoms with E-state index < -0.39 is 30.0 Å². The van der Waals surface area contributed by atoms with Crippen LogP contribution < -0.4 is 0 Å². The first-order valence-corrected chi connectivity index (χ1v) is 8.39. The van der Waals surface area contributed by atoms with E-state index in [1.54, 1.807) is 0 Å². The van der Waals surface area contributed by atoms with E-state index in [1.807, 2.05) is 13.8 Å². The zero-order chi connectivity index (χ0) is 20.2. The van der Waals surface area contributed by atoms with Crippen LogP contribution in [0.15, 0.2) is 0 Å². The van der Waals surface area contributed by atoms with Gasteiger partial charge in [0, 0.05) is 13.0 Å². The average molecular weight is 394 g/mol. The Morgan fingerprint density at radius 3 is 2.12 bits per heavy atom. The number of esters is 1. The van der Waals surface area contributed by atoms with Crippen LogP contribution >= 0.6 is 0 Å². The Balaban J connectivity index is 0.000000294. The molecule has 154 valence electrons. The highest BCUT2D eigenvalue weighted by Gasteiger charge is 2.82. The molecule has 1 saturated heterocycles. The van der Waals surface area contributed by atoms with E-state index in [0.717, 1.165) is 6.42 Å². The molecule has 0 N–H and O–H groups in total. The van der Waals surface area contributed by atoms with Crippen LogP contribution in [0.5, 0.6) is 0 Å². The van der Waals surface area contributed by atoms with Gasteiger partial charge in [-0.2, -0.15) is 26.3 Å². The highest BCUT2D eigenvalue weighted by molar-refractivity contribution is 5.71. The quantitative estimate of drug-likeness (QED) is 0.397. The van der Waals surface area contributed by atoms with Gasteiger partial charge in [0.05, 0.1) is 12.0 Å². The molecular weight excluding hydrogens is 370 g/mol. The second-order valence-corrected chi connectivity index (χ2v) is 6.46. The summed E-state index contributed by atoms with van der Waals surface area (Å²) in [4.78, 5) is 10.8. The minimum atomic E-state index is -5.39. The number of alkyl halides is 6. The smallest absolute Gasteiger partial charge is 0.426 e. The van der Waals surface area contributed by atoms with E-state index in [9.17, 15) is 31.1 Å². The maximum Gasteiger partial charge on any atom is 0.426 e. The van der Waals surface area contributed by atoms with Crippen molar-refractivity contribution < 1.29 is 45.3 Å². The number of hydrogen-bond donors (Lipinski definition) is 0. The lowest BCUT2D eigenvalue weighted by Crippen LogP contribution is -2.75. The molecule has 0 bridgehead atoms. The van der Waals surface area contributed by atoms with E-state index in [1.165, 1.54) is 7.11 Å². The lowest BCUT2D eigenvalue weighted by Gasteiger charge is -2.57. The number of rotatable bonds is 4. The van der Waals surface area contributed by atoms with Crippen LogP contribution in [0.25, 0.3) is 0 Å². The van der Waals surface area contributed by atoms with Gasteiger partial charge in [-0.1, -0.05) is 26.7 Å². The first-order valence-electron chi connectivity index (χ1n) is 8.39. The highest BCUT2D eigenvalue weighted by Crippen LogP contribution is 2.61. The first-order chi connectivity index (χ1) is 11.9. The zero-order valence-electron chi connectivity index (χ0n) is 14.9. The molecule has 3 atom stereocenters. The summed E-state index contributed by atoms with van der Waals surface area (Å²) in [6.07, 6.45) is -9.58. The van der Waals surface area contributed by atoms with Crippen LogP contribution in [0.4, 0.5) is 26.3 Å². The lowest BCUT2D eigenvalue weighted by atomic mass is 9.68. The molecule has 26 heavy (non-hydrogen) atoms. The molecule has 0 amide bonds. The predicted molar refractivity (Wildman–Crippen MR) is 79.1 cm³/mol. The van der Waals surface area contributed by atoms with Gasteiger partial charge < -0.3 is 14.2 Å². The summed E-state index contributed by atoms with van der Waals surface area (Å²) in [5.41, 5.74) is -3.91. The molecule has 0 aromatic carbocycles. The van der Waals surface area contributed by atoms with Crippen molar-refractivity contribution in [2.45, 2.75) is 70.0 Å². The first kappa shape index (κ1) is 23.0. The molecule has 1 saturated carbocycles. The van der Waals surface area contributed by atoms with Crippen molar-refractivity contribution in [2.24, 2.45) is 11.8 Å². The maximum atomic E-state index is 12.6. The fraction of sp³-hybridized carbons (Fsp3) is 0.938. The van der Waals surface area contributed by atoms with Gasteiger partial charge in [-0.05, 0) is 19.3 Å². The largest absolute Gasteiger partial charge is 0.438 e. The van der Waals surface area contributed by atoms with Gasteiger partial charge in [-0.25, -0.2) is 0 Å². The molecule has 2 aliphatic rings. The Morgan fingerprint density at radius 1 is 1.15 bits per heavy atom. The topological polar surface area (TPSA) is 44.8 Å². The molecule has 1 aliphatic carbocycles. The minimum absolute atomic E-state index is 0.0184. The SMILES string of the molecule is CCC(C)C(=O)OCOC.FC(F)(F)C1(C(F)(F)F)OC2CCCCC21. The summed E-state index contributed by atoms with van der Waals surface area (Å²) in [5.74, 6) is -1.67.